The Kier molecular flexibility index (Phi) is 8.99. The van der Waals surface area contributed by atoms with E-state index in [0.717, 1.165) is 37.2 Å². The molecule has 0 radical (unpaired) electrons. The molecular formula is C30H39NO4. The molecule has 5 nitrogen and oxygen atoms in total. The normalized spacial score (nSPS) is 28.4. The molecule has 1 saturated carbocycles. The average molecular weight is 478 g/mol. The lowest BCUT2D eigenvalue weighted by molar-refractivity contribution is -0.106. The Balaban J connectivity index is 0.000000638. The van der Waals surface area contributed by atoms with Crippen LogP contribution in [0.15, 0.2) is 42.5 Å². The van der Waals surface area contributed by atoms with Gasteiger partial charge in [-0.3, -0.25) is 0 Å². The minimum absolute atomic E-state index is 0.0103. The number of aryl methyl sites for hydroxylation is 1. The Morgan fingerprint density at radius 1 is 1.17 bits per heavy atom. The van der Waals surface area contributed by atoms with Gasteiger partial charge in [0.15, 0.2) is 11.5 Å². The van der Waals surface area contributed by atoms with Gasteiger partial charge in [-0.15, -0.1) is 12.8 Å². The monoisotopic (exact) mass is 477 g/mol. The molecule has 1 spiro atoms. The van der Waals surface area contributed by atoms with E-state index < -0.39 is 0 Å². The summed E-state index contributed by atoms with van der Waals surface area (Å²) in [5.41, 5.74) is 3.87. The first kappa shape index (κ1) is 26.8. The van der Waals surface area contributed by atoms with Crippen molar-refractivity contribution in [2.45, 2.75) is 70.3 Å². The van der Waals surface area contributed by atoms with E-state index in [4.69, 9.17) is 19.0 Å². The fourth-order valence-corrected chi connectivity index (χ4v) is 6.38. The van der Waals surface area contributed by atoms with E-state index in [-0.39, 0.29) is 17.6 Å². The summed E-state index contributed by atoms with van der Waals surface area (Å²) in [5.74, 6) is 2.39. The largest absolute Gasteiger partial charge is 0.485 e. The standard InChI is InChI=1S/C26H33NO3.C2H4O.C2H2/c1-17-10-12-21(29-16-19-8-6-5-7-9-19)24-23(17)26-14-15-27(3)18(2)20(26)11-13-22(28-4)25(26)30-24;1-2-3;1-2/h5-10,12,18,20,22,25H,11,13-16H2,1-4H3;2H,1H3;1-2H/t18?,20?,22?,25-,26?;;/m0../s1. The Hall–Kier alpha value is -2.81. The first-order valence-electron chi connectivity index (χ1n) is 12.4. The van der Waals surface area contributed by atoms with Gasteiger partial charge in [0.1, 0.15) is 19.0 Å². The van der Waals surface area contributed by atoms with Crippen molar-refractivity contribution in [3.63, 3.8) is 0 Å². The molecule has 5 rings (SSSR count). The second-order valence-corrected chi connectivity index (χ2v) is 9.60. The number of ether oxygens (including phenoxy) is 3. The number of benzene rings is 2. The lowest BCUT2D eigenvalue weighted by Crippen LogP contribution is -2.63. The maximum atomic E-state index is 8.81. The fourth-order valence-electron chi connectivity index (χ4n) is 6.38. The van der Waals surface area contributed by atoms with Crippen LogP contribution in [0.5, 0.6) is 11.5 Å². The summed E-state index contributed by atoms with van der Waals surface area (Å²) in [7, 11) is 4.10. The number of carbonyl (C=O) groups excluding carboxylic acids is 1. The zero-order chi connectivity index (χ0) is 25.6. The molecule has 2 aliphatic heterocycles. The maximum Gasteiger partial charge on any atom is 0.165 e. The molecule has 5 heteroatoms. The third-order valence-electron chi connectivity index (χ3n) is 8.01. The summed E-state index contributed by atoms with van der Waals surface area (Å²) in [4.78, 5) is 11.3. The Bertz CT molecular complexity index is 1000. The molecule has 0 amide bonds. The molecular weight excluding hydrogens is 438 g/mol. The number of terminal acetylenes is 1. The van der Waals surface area contributed by atoms with Crippen molar-refractivity contribution in [2.24, 2.45) is 5.92 Å². The van der Waals surface area contributed by atoms with E-state index in [0.29, 0.717) is 18.6 Å². The summed E-state index contributed by atoms with van der Waals surface area (Å²) in [6.07, 6.45) is 12.3. The van der Waals surface area contributed by atoms with Gasteiger partial charge in [-0.25, -0.2) is 0 Å². The molecule has 5 atom stereocenters. The molecule has 188 valence electrons. The number of fused-ring (bicyclic) bond motifs is 1. The van der Waals surface area contributed by atoms with Gasteiger partial charge in [0, 0.05) is 24.1 Å². The minimum Gasteiger partial charge on any atom is -0.485 e. The maximum absolute atomic E-state index is 8.81. The molecule has 1 saturated heterocycles. The van der Waals surface area contributed by atoms with Gasteiger partial charge in [0.05, 0.1) is 6.10 Å². The van der Waals surface area contributed by atoms with Crippen LogP contribution < -0.4 is 9.47 Å². The predicted molar refractivity (Wildman–Crippen MR) is 140 cm³/mol. The number of carbonyl (C=O) groups is 1. The number of aldehydes is 1. The van der Waals surface area contributed by atoms with Crippen molar-refractivity contribution in [3.8, 4) is 24.3 Å². The molecule has 2 aromatic carbocycles. The average Bonchev–Trinajstić information content (AvgIpc) is 3.24. The van der Waals surface area contributed by atoms with E-state index in [9.17, 15) is 0 Å². The molecule has 35 heavy (non-hydrogen) atoms. The van der Waals surface area contributed by atoms with Crippen LogP contribution in [0.4, 0.5) is 0 Å². The number of likely N-dealkylation sites (tertiary alicyclic amines) is 1. The topological polar surface area (TPSA) is 48.0 Å². The van der Waals surface area contributed by atoms with Crippen molar-refractivity contribution >= 4 is 6.29 Å². The van der Waals surface area contributed by atoms with Crippen LogP contribution in [0.2, 0.25) is 0 Å². The number of piperidine rings is 1. The third-order valence-corrected chi connectivity index (χ3v) is 8.01. The molecule has 1 aliphatic carbocycles. The highest BCUT2D eigenvalue weighted by atomic mass is 16.6. The van der Waals surface area contributed by atoms with Gasteiger partial charge in [-0.2, -0.15) is 0 Å². The molecule has 3 aliphatic rings. The van der Waals surface area contributed by atoms with Crippen LogP contribution in [-0.2, 0) is 21.6 Å². The zero-order valence-corrected chi connectivity index (χ0v) is 21.7. The fraction of sp³-hybridized carbons (Fsp3) is 0.500. The van der Waals surface area contributed by atoms with E-state index in [2.05, 4.69) is 75.0 Å². The van der Waals surface area contributed by atoms with Crippen LogP contribution >= 0.6 is 0 Å². The van der Waals surface area contributed by atoms with E-state index in [1.165, 1.54) is 30.0 Å². The van der Waals surface area contributed by atoms with E-state index in [1.54, 1.807) is 0 Å². The van der Waals surface area contributed by atoms with Crippen molar-refractivity contribution in [2.75, 3.05) is 20.7 Å². The van der Waals surface area contributed by atoms with Crippen LogP contribution in [0.25, 0.3) is 0 Å². The predicted octanol–water partition coefficient (Wildman–Crippen LogP) is 5.18. The van der Waals surface area contributed by atoms with Crippen molar-refractivity contribution in [1.82, 2.24) is 4.90 Å². The Morgan fingerprint density at radius 3 is 2.51 bits per heavy atom. The summed E-state index contributed by atoms with van der Waals surface area (Å²) < 4.78 is 19.1. The number of hydrogen-bond acceptors (Lipinski definition) is 5. The van der Waals surface area contributed by atoms with E-state index >= 15 is 0 Å². The van der Waals surface area contributed by atoms with Crippen LogP contribution in [0.3, 0.4) is 0 Å². The summed E-state index contributed by atoms with van der Waals surface area (Å²) in [6.45, 7) is 7.70. The van der Waals surface area contributed by atoms with Crippen molar-refractivity contribution < 1.29 is 19.0 Å². The molecule has 2 aromatic rings. The molecule has 0 N–H and O–H groups in total. The van der Waals surface area contributed by atoms with Gasteiger partial charge in [-0.05, 0) is 76.7 Å². The summed E-state index contributed by atoms with van der Waals surface area (Å²) in [5, 5.41) is 0. The van der Waals surface area contributed by atoms with Gasteiger partial charge in [0.25, 0.3) is 0 Å². The van der Waals surface area contributed by atoms with E-state index in [1.807, 2.05) is 13.2 Å². The SMILES string of the molecule is C#C.CC=O.COC1CCC2C(C)N(C)CCC23c2c(C)ccc(OCc4ccccc4)c2O[C@@H]13. The van der Waals surface area contributed by atoms with Crippen LogP contribution in [-0.4, -0.2) is 50.1 Å². The number of hydrogen-bond donors (Lipinski definition) is 0. The van der Waals surface area contributed by atoms with Crippen molar-refractivity contribution in [1.29, 1.82) is 0 Å². The number of rotatable bonds is 4. The molecule has 2 heterocycles. The lowest BCUT2D eigenvalue weighted by Gasteiger charge is -2.55. The quantitative estimate of drug-likeness (QED) is 0.449. The van der Waals surface area contributed by atoms with Crippen molar-refractivity contribution in [3.05, 3.63) is 59.2 Å². The first-order valence-corrected chi connectivity index (χ1v) is 12.4. The highest BCUT2D eigenvalue weighted by Crippen LogP contribution is 2.61. The van der Waals surface area contributed by atoms with Gasteiger partial charge in [-0.1, -0.05) is 36.4 Å². The molecule has 2 fully saturated rings. The highest BCUT2D eigenvalue weighted by molar-refractivity contribution is 5.59. The lowest BCUT2D eigenvalue weighted by atomic mass is 9.55. The van der Waals surface area contributed by atoms with Gasteiger partial charge in [0.2, 0.25) is 0 Å². The summed E-state index contributed by atoms with van der Waals surface area (Å²) in [6, 6.07) is 15.2. The Labute approximate surface area is 210 Å². The molecule has 0 bridgehead atoms. The summed E-state index contributed by atoms with van der Waals surface area (Å²) >= 11 is 0. The van der Waals surface area contributed by atoms with Crippen LogP contribution in [0, 0.1) is 25.7 Å². The van der Waals surface area contributed by atoms with Gasteiger partial charge < -0.3 is 23.9 Å². The second-order valence-electron chi connectivity index (χ2n) is 9.60. The minimum atomic E-state index is 0.0103. The highest BCUT2D eigenvalue weighted by Gasteiger charge is 2.62. The zero-order valence-electron chi connectivity index (χ0n) is 21.7. The first-order chi connectivity index (χ1) is 17.0. The third kappa shape index (κ3) is 4.83. The van der Waals surface area contributed by atoms with Gasteiger partial charge >= 0.3 is 0 Å². The van der Waals surface area contributed by atoms with Crippen LogP contribution in [0.1, 0.15) is 49.8 Å². The number of nitrogens with zero attached hydrogens (tertiary/aromatic N) is 1. The Morgan fingerprint density at radius 2 is 1.86 bits per heavy atom. The molecule has 4 unspecified atom stereocenters. The molecule has 0 aromatic heterocycles. The smallest absolute Gasteiger partial charge is 0.165 e. The second kappa shape index (κ2) is 11.7. The number of methoxy groups -OCH3 is 1.